The van der Waals surface area contributed by atoms with Crippen LogP contribution in [0.15, 0.2) is 48.5 Å². The van der Waals surface area contributed by atoms with E-state index in [1.807, 2.05) is 4.90 Å². The summed E-state index contributed by atoms with van der Waals surface area (Å²) in [7, 11) is 0. The summed E-state index contributed by atoms with van der Waals surface area (Å²) in [5.41, 5.74) is 0.297. The van der Waals surface area contributed by atoms with Gasteiger partial charge >= 0.3 is 6.18 Å². The quantitative estimate of drug-likeness (QED) is 0.559. The van der Waals surface area contributed by atoms with Crippen LogP contribution in [0.2, 0.25) is 0 Å². The Bertz CT molecular complexity index is 959. The van der Waals surface area contributed by atoms with Crippen LogP contribution in [0.1, 0.15) is 11.1 Å². The molecule has 0 aliphatic carbocycles. The zero-order valence-corrected chi connectivity index (χ0v) is 17.4. The highest BCUT2D eigenvalue weighted by Gasteiger charge is 2.34. The molecule has 0 unspecified atom stereocenters. The summed E-state index contributed by atoms with van der Waals surface area (Å²) in [5, 5.41) is 22.5. The van der Waals surface area contributed by atoms with E-state index in [1.165, 1.54) is 29.2 Å². The molecule has 0 saturated carbocycles. The molecular weight excluding hydrogens is 446 g/mol. The molecule has 7 nitrogen and oxygen atoms in total. The summed E-state index contributed by atoms with van der Waals surface area (Å²) >= 11 is 0. The number of benzene rings is 2. The molecule has 2 aromatic carbocycles. The maximum absolute atomic E-state index is 13.1. The lowest BCUT2D eigenvalue weighted by Gasteiger charge is -2.37. The van der Waals surface area contributed by atoms with Crippen LogP contribution >= 0.6 is 0 Å². The van der Waals surface area contributed by atoms with Gasteiger partial charge in [-0.3, -0.25) is 9.59 Å². The highest BCUT2D eigenvalue weighted by atomic mass is 19.4. The van der Waals surface area contributed by atoms with Gasteiger partial charge < -0.3 is 25.3 Å². The third kappa shape index (κ3) is 6.20. The van der Waals surface area contributed by atoms with E-state index in [4.69, 9.17) is 0 Å². The Morgan fingerprint density at radius 2 is 1.48 bits per heavy atom. The van der Waals surface area contributed by atoms with E-state index in [2.05, 4.69) is 5.32 Å². The number of aliphatic hydroxyl groups is 2. The first kappa shape index (κ1) is 24.5. The molecular formula is C22H23F4N3O4. The largest absolute Gasteiger partial charge is 0.416 e. The molecule has 2 aromatic rings. The molecule has 3 rings (SSSR count). The van der Waals surface area contributed by atoms with Crippen molar-refractivity contribution in [2.24, 2.45) is 0 Å². The van der Waals surface area contributed by atoms with Gasteiger partial charge in [0.2, 0.25) is 0 Å². The number of alkyl halides is 3. The number of rotatable bonds is 6. The number of anilines is 1. The van der Waals surface area contributed by atoms with Crippen molar-refractivity contribution >= 4 is 17.5 Å². The van der Waals surface area contributed by atoms with Gasteiger partial charge in [-0.05, 0) is 42.0 Å². The first-order valence-corrected chi connectivity index (χ1v) is 10.2. The molecule has 0 bridgehead atoms. The number of nitrogens with zero attached hydrogens (tertiary/aromatic N) is 2. The first-order chi connectivity index (χ1) is 15.6. The van der Waals surface area contributed by atoms with Crippen molar-refractivity contribution < 1.29 is 37.4 Å². The van der Waals surface area contributed by atoms with Crippen LogP contribution in [0, 0.1) is 5.82 Å². The summed E-state index contributed by atoms with van der Waals surface area (Å²) in [5.74, 6) is -2.20. The number of amides is 2. The van der Waals surface area contributed by atoms with Crippen molar-refractivity contribution in [3.05, 3.63) is 65.5 Å². The van der Waals surface area contributed by atoms with Crippen molar-refractivity contribution in [3.63, 3.8) is 0 Å². The van der Waals surface area contributed by atoms with Crippen molar-refractivity contribution in [3.8, 4) is 0 Å². The maximum Gasteiger partial charge on any atom is 0.416 e. The summed E-state index contributed by atoms with van der Waals surface area (Å²) in [6.07, 6.45) is -8.51. The minimum Gasteiger partial charge on any atom is -0.380 e. The molecule has 1 aliphatic rings. The fraction of sp³-hybridized carbons (Fsp3) is 0.364. The molecule has 1 saturated heterocycles. The van der Waals surface area contributed by atoms with Gasteiger partial charge in [-0.1, -0.05) is 12.1 Å². The summed E-state index contributed by atoms with van der Waals surface area (Å²) in [4.78, 5) is 27.9. The van der Waals surface area contributed by atoms with Gasteiger partial charge in [0.05, 0.1) is 5.56 Å². The smallest absolute Gasteiger partial charge is 0.380 e. The zero-order chi connectivity index (χ0) is 24.2. The Balaban J connectivity index is 1.48. The number of carbonyl (C=O) groups is 2. The Labute approximate surface area is 187 Å². The van der Waals surface area contributed by atoms with Crippen LogP contribution in [0.3, 0.4) is 0 Å². The van der Waals surface area contributed by atoms with Crippen LogP contribution in [-0.2, 0) is 22.3 Å². The van der Waals surface area contributed by atoms with E-state index in [-0.39, 0.29) is 25.5 Å². The average Bonchev–Trinajstić information content (AvgIpc) is 2.81. The van der Waals surface area contributed by atoms with Crippen molar-refractivity contribution in [1.29, 1.82) is 0 Å². The lowest BCUT2D eigenvalue weighted by atomic mass is 10.1. The fourth-order valence-corrected chi connectivity index (χ4v) is 3.41. The number of aliphatic hydroxyl groups excluding tert-OH is 2. The molecule has 0 spiro atoms. The lowest BCUT2D eigenvalue weighted by molar-refractivity contribution is -0.153. The van der Waals surface area contributed by atoms with E-state index >= 15 is 0 Å². The van der Waals surface area contributed by atoms with E-state index < -0.39 is 35.8 Å². The Morgan fingerprint density at radius 1 is 0.909 bits per heavy atom. The summed E-state index contributed by atoms with van der Waals surface area (Å²) in [6, 6.07) is 9.98. The van der Waals surface area contributed by atoms with E-state index in [9.17, 15) is 37.4 Å². The predicted octanol–water partition coefficient (Wildman–Crippen LogP) is 1.53. The molecule has 0 radical (unpaired) electrons. The molecule has 0 aromatic heterocycles. The Kier molecular flexibility index (Phi) is 7.54. The van der Waals surface area contributed by atoms with E-state index in [1.54, 1.807) is 12.1 Å². The van der Waals surface area contributed by atoms with Crippen LogP contribution < -0.4 is 10.2 Å². The van der Waals surface area contributed by atoms with Gasteiger partial charge in [-0.15, -0.1) is 0 Å². The number of hydrogen-bond donors (Lipinski definition) is 3. The van der Waals surface area contributed by atoms with Crippen LogP contribution in [0.4, 0.5) is 23.2 Å². The molecule has 2 atom stereocenters. The van der Waals surface area contributed by atoms with Gasteiger partial charge in [-0.2, -0.15) is 13.2 Å². The summed E-state index contributed by atoms with van der Waals surface area (Å²) < 4.78 is 50.9. The van der Waals surface area contributed by atoms with Gasteiger partial charge in [0.1, 0.15) is 5.82 Å². The van der Waals surface area contributed by atoms with Crippen LogP contribution in [-0.4, -0.2) is 65.3 Å². The molecule has 33 heavy (non-hydrogen) atoms. The van der Waals surface area contributed by atoms with Crippen molar-refractivity contribution in [1.82, 2.24) is 10.2 Å². The lowest BCUT2D eigenvalue weighted by Crippen LogP contribution is -2.55. The monoisotopic (exact) mass is 469 g/mol. The van der Waals surface area contributed by atoms with Crippen LogP contribution in [0.5, 0.6) is 0 Å². The highest BCUT2D eigenvalue weighted by Crippen LogP contribution is 2.29. The standard InChI is InChI=1S/C22H23F4N3O4/c23-16-5-7-17(8-6-16)28-9-11-29(12-10-28)21(33)19(31)18(30)20(32)27-13-14-1-3-15(4-2-14)22(24,25)26/h1-8,18-19,30-31H,9-13H2,(H,27,32)/t18-,19-/m1/s1. The molecule has 1 fully saturated rings. The zero-order valence-electron chi connectivity index (χ0n) is 17.4. The fourth-order valence-electron chi connectivity index (χ4n) is 3.41. The number of hydrogen-bond acceptors (Lipinski definition) is 5. The van der Waals surface area contributed by atoms with Crippen molar-refractivity contribution in [2.75, 3.05) is 31.1 Å². The van der Waals surface area contributed by atoms with E-state index in [0.29, 0.717) is 18.7 Å². The minimum atomic E-state index is -4.48. The second-order valence-electron chi connectivity index (χ2n) is 7.59. The predicted molar refractivity (Wildman–Crippen MR) is 110 cm³/mol. The van der Waals surface area contributed by atoms with Crippen molar-refractivity contribution in [2.45, 2.75) is 24.9 Å². The Morgan fingerprint density at radius 3 is 2.03 bits per heavy atom. The summed E-state index contributed by atoms with van der Waals surface area (Å²) in [6.45, 7) is 1.10. The highest BCUT2D eigenvalue weighted by molar-refractivity contribution is 5.90. The van der Waals surface area contributed by atoms with Gasteiger partial charge in [-0.25, -0.2) is 4.39 Å². The minimum absolute atomic E-state index is 0.189. The number of halogens is 4. The van der Waals surface area contributed by atoms with Crippen LogP contribution in [0.25, 0.3) is 0 Å². The van der Waals surface area contributed by atoms with Gasteiger partial charge in [0.25, 0.3) is 11.8 Å². The third-order valence-corrected chi connectivity index (χ3v) is 5.35. The van der Waals surface area contributed by atoms with Gasteiger partial charge in [0, 0.05) is 38.4 Å². The Hall–Kier alpha value is -3.18. The SMILES string of the molecule is O=C(NCc1ccc(C(F)(F)F)cc1)[C@H](O)[C@@H](O)C(=O)N1CCN(c2ccc(F)cc2)CC1. The maximum atomic E-state index is 13.1. The first-order valence-electron chi connectivity index (χ1n) is 10.2. The molecule has 1 aliphatic heterocycles. The second-order valence-corrected chi connectivity index (χ2v) is 7.59. The third-order valence-electron chi connectivity index (χ3n) is 5.35. The molecule has 3 N–H and O–H groups in total. The number of piperazine rings is 1. The molecule has 2 amide bonds. The van der Waals surface area contributed by atoms with E-state index in [0.717, 1.165) is 17.8 Å². The van der Waals surface area contributed by atoms with Gasteiger partial charge in [0.15, 0.2) is 12.2 Å². The molecule has 1 heterocycles. The topological polar surface area (TPSA) is 93.1 Å². The molecule has 11 heteroatoms. The normalized spacial score (nSPS) is 16.3. The number of carbonyl (C=O) groups excluding carboxylic acids is 2. The number of nitrogens with one attached hydrogen (secondary N) is 1. The second kappa shape index (κ2) is 10.2. The molecule has 178 valence electrons. The average molecular weight is 469 g/mol.